The van der Waals surface area contributed by atoms with Crippen LogP contribution in [-0.2, 0) is 0 Å². The van der Waals surface area contributed by atoms with Gasteiger partial charge in [0.05, 0.1) is 0 Å². The Morgan fingerprint density at radius 3 is 1.90 bits per heavy atom. The topological polar surface area (TPSA) is 13.1 Å². The van der Waals surface area contributed by atoms with Crippen LogP contribution in [0.15, 0.2) is 138 Å². The molecule has 7 aromatic carbocycles. The molecule has 1 nitrogen and oxygen atoms in total. The second-order valence-corrected chi connectivity index (χ2v) is 11.2. The van der Waals surface area contributed by atoms with Crippen molar-refractivity contribution in [3.05, 3.63) is 145 Å². The van der Waals surface area contributed by atoms with Crippen molar-refractivity contribution in [1.29, 1.82) is 0 Å². The fourth-order valence-electron chi connectivity index (χ4n) is 6.96. The van der Waals surface area contributed by atoms with E-state index in [4.69, 9.17) is 4.42 Å². The zero-order chi connectivity index (χ0) is 26.9. The SMILES string of the molecule is C1=C(c2ccc(-c3cccc4c3oc3ccccc34)cc2)CCC(c2ccc3ccc4cccc5ccc2c3c45)=C1. The maximum Gasteiger partial charge on any atom is 0.143 e. The second-order valence-electron chi connectivity index (χ2n) is 11.2. The van der Waals surface area contributed by atoms with Crippen LogP contribution < -0.4 is 0 Å². The number of para-hydroxylation sites is 2. The Balaban J connectivity index is 1.08. The molecule has 0 fully saturated rings. The Bertz CT molecular complexity index is 2330. The van der Waals surface area contributed by atoms with Gasteiger partial charge < -0.3 is 4.42 Å². The number of hydrogen-bond acceptors (Lipinski definition) is 1. The molecule has 0 spiro atoms. The van der Waals surface area contributed by atoms with Crippen molar-refractivity contribution in [1.82, 2.24) is 0 Å². The van der Waals surface area contributed by atoms with Crippen LogP contribution in [0.5, 0.6) is 0 Å². The molecule has 1 aromatic heterocycles. The van der Waals surface area contributed by atoms with E-state index in [0.29, 0.717) is 0 Å². The molecule has 1 heterocycles. The molecule has 0 atom stereocenters. The lowest BCUT2D eigenvalue weighted by Gasteiger charge is -2.19. The van der Waals surface area contributed by atoms with Crippen LogP contribution in [0.4, 0.5) is 0 Å². The fraction of sp³-hybridized carbons (Fsp3) is 0.0500. The van der Waals surface area contributed by atoms with Crippen LogP contribution in [0.25, 0.3) is 76.5 Å². The summed E-state index contributed by atoms with van der Waals surface area (Å²) in [6.07, 6.45) is 6.74. The summed E-state index contributed by atoms with van der Waals surface area (Å²) in [5, 5.41) is 10.4. The highest BCUT2D eigenvalue weighted by molar-refractivity contribution is 6.24. The molecule has 1 heteroatoms. The molecular formula is C40H26O. The maximum atomic E-state index is 6.29. The zero-order valence-electron chi connectivity index (χ0n) is 22.5. The Hall–Kier alpha value is -5.14. The van der Waals surface area contributed by atoms with E-state index in [-0.39, 0.29) is 0 Å². The minimum Gasteiger partial charge on any atom is -0.455 e. The molecule has 0 saturated heterocycles. The highest BCUT2D eigenvalue weighted by atomic mass is 16.3. The number of furan rings is 1. The largest absolute Gasteiger partial charge is 0.455 e. The first-order valence-electron chi connectivity index (χ1n) is 14.4. The van der Waals surface area contributed by atoms with Gasteiger partial charge >= 0.3 is 0 Å². The smallest absolute Gasteiger partial charge is 0.143 e. The molecule has 0 aliphatic heterocycles. The number of allylic oxidation sites excluding steroid dienone is 4. The van der Waals surface area contributed by atoms with Gasteiger partial charge in [0, 0.05) is 16.3 Å². The summed E-state index contributed by atoms with van der Waals surface area (Å²) in [4.78, 5) is 0. The number of fused-ring (bicyclic) bond motifs is 3. The van der Waals surface area contributed by atoms with E-state index in [1.54, 1.807) is 0 Å². The molecular weight excluding hydrogens is 496 g/mol. The van der Waals surface area contributed by atoms with Gasteiger partial charge in [-0.2, -0.15) is 0 Å². The van der Waals surface area contributed by atoms with Gasteiger partial charge in [0.2, 0.25) is 0 Å². The van der Waals surface area contributed by atoms with Crippen LogP contribution in [0, 0.1) is 0 Å². The third-order valence-corrected chi connectivity index (χ3v) is 8.99. The summed E-state index contributed by atoms with van der Waals surface area (Å²) in [5.74, 6) is 0. The predicted octanol–water partition coefficient (Wildman–Crippen LogP) is 11.4. The van der Waals surface area contributed by atoms with Crippen LogP contribution in [0.1, 0.15) is 24.0 Å². The lowest BCUT2D eigenvalue weighted by atomic mass is 9.85. The number of hydrogen-bond donors (Lipinski definition) is 0. The lowest BCUT2D eigenvalue weighted by molar-refractivity contribution is 0.670. The van der Waals surface area contributed by atoms with Gasteiger partial charge in [0.25, 0.3) is 0 Å². The number of rotatable bonds is 3. The zero-order valence-corrected chi connectivity index (χ0v) is 22.5. The van der Waals surface area contributed by atoms with Crippen molar-refractivity contribution >= 4 is 65.4 Å². The molecule has 1 aliphatic carbocycles. The second kappa shape index (κ2) is 8.68. The summed E-state index contributed by atoms with van der Waals surface area (Å²) in [7, 11) is 0. The van der Waals surface area contributed by atoms with Gasteiger partial charge in [-0.05, 0) is 79.1 Å². The summed E-state index contributed by atoms with van der Waals surface area (Å²) >= 11 is 0. The molecule has 0 N–H and O–H groups in total. The van der Waals surface area contributed by atoms with E-state index in [9.17, 15) is 0 Å². The predicted molar refractivity (Wildman–Crippen MR) is 174 cm³/mol. The van der Waals surface area contributed by atoms with E-state index in [1.165, 1.54) is 70.9 Å². The first-order valence-corrected chi connectivity index (χ1v) is 14.4. The Labute approximate surface area is 238 Å². The Kier molecular flexibility index (Phi) is 4.80. The van der Waals surface area contributed by atoms with Gasteiger partial charge in [-0.25, -0.2) is 0 Å². The van der Waals surface area contributed by atoms with Crippen LogP contribution in [0.3, 0.4) is 0 Å². The van der Waals surface area contributed by atoms with Crippen molar-refractivity contribution in [2.75, 3.05) is 0 Å². The highest BCUT2D eigenvalue weighted by Crippen LogP contribution is 2.41. The van der Waals surface area contributed by atoms with E-state index in [1.807, 2.05) is 12.1 Å². The molecule has 0 amide bonds. The standard InChI is InChI=1S/C40H26O/c1-2-10-37-34(7-1)36-9-4-8-33(40(36)41-37)28-17-13-26(14-18-28)25-11-15-27(16-12-25)32-23-21-31-20-19-29-5-3-6-30-22-24-35(32)39(31)38(29)30/h1-11,13-15,17-24H,12,16H2. The normalized spacial score (nSPS) is 14.0. The molecule has 0 saturated carbocycles. The van der Waals surface area contributed by atoms with Crippen molar-refractivity contribution in [2.45, 2.75) is 12.8 Å². The first kappa shape index (κ1) is 22.7. The molecule has 0 bridgehead atoms. The van der Waals surface area contributed by atoms with E-state index in [2.05, 4.69) is 121 Å². The molecule has 1 aliphatic rings. The fourth-order valence-corrected chi connectivity index (χ4v) is 6.96. The van der Waals surface area contributed by atoms with E-state index in [0.717, 1.165) is 29.6 Å². The minimum atomic E-state index is 0.936. The quantitative estimate of drug-likeness (QED) is 0.210. The van der Waals surface area contributed by atoms with Crippen molar-refractivity contribution in [2.24, 2.45) is 0 Å². The van der Waals surface area contributed by atoms with Crippen molar-refractivity contribution < 1.29 is 4.42 Å². The van der Waals surface area contributed by atoms with Crippen LogP contribution >= 0.6 is 0 Å². The third kappa shape index (κ3) is 3.42. The maximum absolute atomic E-state index is 6.29. The third-order valence-electron chi connectivity index (χ3n) is 8.99. The highest BCUT2D eigenvalue weighted by Gasteiger charge is 2.16. The van der Waals surface area contributed by atoms with Crippen molar-refractivity contribution in [3.8, 4) is 11.1 Å². The van der Waals surface area contributed by atoms with Gasteiger partial charge in [-0.3, -0.25) is 0 Å². The Morgan fingerprint density at radius 1 is 0.415 bits per heavy atom. The van der Waals surface area contributed by atoms with Gasteiger partial charge in [0.15, 0.2) is 0 Å². The van der Waals surface area contributed by atoms with Gasteiger partial charge in [-0.1, -0.05) is 127 Å². The van der Waals surface area contributed by atoms with E-state index < -0.39 is 0 Å². The molecule has 0 unspecified atom stereocenters. The number of benzene rings is 7. The molecule has 9 rings (SSSR count). The summed E-state index contributed by atoms with van der Waals surface area (Å²) in [5.41, 5.74) is 9.67. The monoisotopic (exact) mass is 522 g/mol. The average Bonchev–Trinajstić information content (AvgIpc) is 3.43. The van der Waals surface area contributed by atoms with Crippen molar-refractivity contribution in [3.63, 3.8) is 0 Å². The van der Waals surface area contributed by atoms with Gasteiger partial charge in [0.1, 0.15) is 11.2 Å². The molecule has 192 valence electrons. The lowest BCUT2D eigenvalue weighted by Crippen LogP contribution is -1.96. The summed E-state index contributed by atoms with van der Waals surface area (Å²) < 4.78 is 6.29. The molecule has 0 radical (unpaired) electrons. The van der Waals surface area contributed by atoms with Crippen LogP contribution in [-0.4, -0.2) is 0 Å². The minimum absolute atomic E-state index is 0.936. The molecule has 41 heavy (non-hydrogen) atoms. The van der Waals surface area contributed by atoms with Crippen LogP contribution in [0.2, 0.25) is 0 Å². The Morgan fingerprint density at radius 2 is 1.07 bits per heavy atom. The summed E-state index contributed by atoms with van der Waals surface area (Å²) in [6.45, 7) is 0. The average molecular weight is 523 g/mol. The molecule has 8 aromatic rings. The van der Waals surface area contributed by atoms with Gasteiger partial charge in [-0.15, -0.1) is 0 Å². The summed E-state index contributed by atoms with van der Waals surface area (Å²) in [6, 6.07) is 44.0. The first-order chi connectivity index (χ1) is 20.3. The van der Waals surface area contributed by atoms with E-state index >= 15 is 0 Å².